The molecular weight excluding hydrogens is 491 g/mol. The molecule has 0 bridgehead atoms. The van der Waals surface area contributed by atoms with Gasteiger partial charge in [-0.05, 0) is 60.7 Å². The van der Waals surface area contributed by atoms with Crippen LogP contribution < -0.4 is 10.6 Å². The first-order valence-corrected chi connectivity index (χ1v) is 10.4. The number of carbonyl (C=O) groups is 3. The second-order valence-corrected chi connectivity index (χ2v) is 7.73. The SMILES string of the molecule is COC(=O)c1cc(NC(=S)NC(=O)c2ccc(-c3ccc(Cl)cc3Cl)o2)cc(C(=O)OC)c1. The summed E-state index contributed by atoms with van der Waals surface area (Å²) in [4.78, 5) is 36.3. The first-order chi connectivity index (χ1) is 15.7. The molecule has 0 unspecified atom stereocenters. The maximum Gasteiger partial charge on any atom is 0.337 e. The minimum atomic E-state index is -0.664. The number of carbonyl (C=O) groups excluding carboxylic acids is 3. The van der Waals surface area contributed by atoms with Crippen molar-refractivity contribution in [2.24, 2.45) is 0 Å². The zero-order valence-corrected chi connectivity index (χ0v) is 19.6. The molecule has 0 saturated heterocycles. The lowest BCUT2D eigenvalue weighted by atomic mass is 10.1. The number of nitrogens with one attached hydrogen (secondary N) is 2. The highest BCUT2D eigenvalue weighted by Gasteiger charge is 2.17. The van der Waals surface area contributed by atoms with Crippen molar-refractivity contribution in [2.75, 3.05) is 19.5 Å². The van der Waals surface area contributed by atoms with Crippen LogP contribution in [0.3, 0.4) is 0 Å². The fourth-order valence-electron chi connectivity index (χ4n) is 2.79. The Morgan fingerprint density at radius 1 is 0.909 bits per heavy atom. The van der Waals surface area contributed by atoms with Crippen molar-refractivity contribution >= 4 is 64.1 Å². The van der Waals surface area contributed by atoms with Gasteiger partial charge in [0.25, 0.3) is 5.91 Å². The summed E-state index contributed by atoms with van der Waals surface area (Å²) in [7, 11) is 2.42. The van der Waals surface area contributed by atoms with Gasteiger partial charge in [-0.15, -0.1) is 0 Å². The van der Waals surface area contributed by atoms with Crippen LogP contribution in [0.15, 0.2) is 52.9 Å². The quantitative estimate of drug-likeness (QED) is 0.369. The van der Waals surface area contributed by atoms with Crippen LogP contribution in [0.1, 0.15) is 31.3 Å². The van der Waals surface area contributed by atoms with E-state index in [1.807, 2.05) is 0 Å². The molecular formula is C22H16Cl2N2O6S. The van der Waals surface area contributed by atoms with Crippen LogP contribution in [-0.2, 0) is 9.47 Å². The summed E-state index contributed by atoms with van der Waals surface area (Å²) in [6.45, 7) is 0. The average molecular weight is 507 g/mol. The highest BCUT2D eigenvalue weighted by atomic mass is 35.5. The normalized spacial score (nSPS) is 10.3. The number of esters is 2. The summed E-state index contributed by atoms with van der Waals surface area (Å²) in [6, 6.07) is 12.1. The number of methoxy groups -OCH3 is 2. The van der Waals surface area contributed by atoms with E-state index in [1.165, 1.54) is 38.5 Å². The van der Waals surface area contributed by atoms with Gasteiger partial charge in [-0.1, -0.05) is 23.2 Å². The molecule has 0 aliphatic rings. The monoisotopic (exact) mass is 506 g/mol. The van der Waals surface area contributed by atoms with E-state index in [-0.39, 0.29) is 27.7 Å². The maximum absolute atomic E-state index is 12.5. The zero-order valence-electron chi connectivity index (χ0n) is 17.2. The average Bonchev–Trinajstić information content (AvgIpc) is 3.27. The Kier molecular flexibility index (Phi) is 7.70. The highest BCUT2D eigenvalue weighted by Crippen LogP contribution is 2.31. The third-order valence-corrected chi connectivity index (χ3v) is 5.04. The number of anilines is 1. The van der Waals surface area contributed by atoms with Crippen LogP contribution in [0, 0.1) is 0 Å². The number of ether oxygens (including phenoxy) is 2. The van der Waals surface area contributed by atoms with Crippen LogP contribution in [0.4, 0.5) is 5.69 Å². The largest absolute Gasteiger partial charge is 0.465 e. The molecule has 1 amide bonds. The van der Waals surface area contributed by atoms with Crippen molar-refractivity contribution in [3.05, 3.63) is 75.5 Å². The molecule has 1 aromatic heterocycles. The predicted molar refractivity (Wildman–Crippen MR) is 127 cm³/mol. The Hall–Kier alpha value is -3.40. The lowest BCUT2D eigenvalue weighted by Gasteiger charge is -2.11. The van der Waals surface area contributed by atoms with Crippen LogP contribution in [0.5, 0.6) is 0 Å². The molecule has 3 rings (SSSR count). The molecule has 0 spiro atoms. The molecule has 0 aliphatic heterocycles. The number of hydrogen-bond acceptors (Lipinski definition) is 7. The molecule has 170 valence electrons. The minimum absolute atomic E-state index is 0.0151. The first-order valence-electron chi connectivity index (χ1n) is 9.21. The van der Waals surface area contributed by atoms with E-state index in [1.54, 1.807) is 24.3 Å². The fraction of sp³-hybridized carbons (Fsp3) is 0.0909. The van der Waals surface area contributed by atoms with Crippen LogP contribution in [-0.4, -0.2) is 37.2 Å². The maximum atomic E-state index is 12.5. The van der Waals surface area contributed by atoms with Crippen molar-refractivity contribution in [1.29, 1.82) is 0 Å². The molecule has 0 radical (unpaired) electrons. The van der Waals surface area contributed by atoms with Gasteiger partial charge in [-0.2, -0.15) is 0 Å². The number of halogens is 2. The van der Waals surface area contributed by atoms with Gasteiger partial charge in [0, 0.05) is 16.3 Å². The van der Waals surface area contributed by atoms with Crippen LogP contribution in [0.25, 0.3) is 11.3 Å². The van der Waals surface area contributed by atoms with E-state index < -0.39 is 17.8 Å². The van der Waals surface area contributed by atoms with E-state index >= 15 is 0 Å². The van der Waals surface area contributed by atoms with Gasteiger partial charge < -0.3 is 19.2 Å². The molecule has 33 heavy (non-hydrogen) atoms. The molecule has 0 fully saturated rings. The van der Waals surface area contributed by atoms with Crippen LogP contribution >= 0.6 is 35.4 Å². The first kappa shape index (κ1) is 24.2. The highest BCUT2D eigenvalue weighted by molar-refractivity contribution is 7.80. The van der Waals surface area contributed by atoms with Crippen molar-refractivity contribution in [2.45, 2.75) is 0 Å². The number of thiocarbonyl (C=S) groups is 1. The summed E-state index contributed by atoms with van der Waals surface area (Å²) in [5.74, 6) is -1.60. The molecule has 3 aromatic rings. The Labute approximate surface area is 203 Å². The second kappa shape index (κ2) is 10.5. The van der Waals surface area contributed by atoms with Gasteiger partial charge in [0.05, 0.1) is 30.4 Å². The summed E-state index contributed by atoms with van der Waals surface area (Å²) < 4.78 is 15.0. The topological polar surface area (TPSA) is 107 Å². The molecule has 11 heteroatoms. The lowest BCUT2D eigenvalue weighted by molar-refractivity contribution is 0.0599. The van der Waals surface area contributed by atoms with E-state index in [9.17, 15) is 14.4 Å². The molecule has 8 nitrogen and oxygen atoms in total. The zero-order chi connectivity index (χ0) is 24.1. The second-order valence-electron chi connectivity index (χ2n) is 6.48. The molecule has 0 aliphatic carbocycles. The van der Waals surface area contributed by atoms with Gasteiger partial charge in [0.15, 0.2) is 10.9 Å². The van der Waals surface area contributed by atoms with Gasteiger partial charge in [0.1, 0.15) is 5.76 Å². The van der Waals surface area contributed by atoms with Crippen molar-refractivity contribution < 1.29 is 28.3 Å². The summed E-state index contributed by atoms with van der Waals surface area (Å²) in [5, 5.41) is 5.94. The van der Waals surface area contributed by atoms with Gasteiger partial charge in [-0.25, -0.2) is 9.59 Å². The third-order valence-electron chi connectivity index (χ3n) is 4.29. The number of benzene rings is 2. The van der Waals surface area contributed by atoms with Crippen molar-refractivity contribution in [3.8, 4) is 11.3 Å². The van der Waals surface area contributed by atoms with E-state index in [0.717, 1.165) is 0 Å². The van der Waals surface area contributed by atoms with E-state index in [0.29, 0.717) is 21.4 Å². The Bertz CT molecular complexity index is 1220. The predicted octanol–water partition coefficient (Wildman–Crippen LogP) is 4.95. The Balaban J connectivity index is 1.74. The molecule has 2 N–H and O–H groups in total. The lowest BCUT2D eigenvalue weighted by Crippen LogP contribution is -2.34. The number of hydrogen-bond donors (Lipinski definition) is 2. The Morgan fingerprint density at radius 2 is 1.55 bits per heavy atom. The number of amides is 1. The smallest absolute Gasteiger partial charge is 0.337 e. The van der Waals surface area contributed by atoms with E-state index in [4.69, 9.17) is 49.3 Å². The Morgan fingerprint density at radius 3 is 2.12 bits per heavy atom. The van der Waals surface area contributed by atoms with Gasteiger partial charge in [0.2, 0.25) is 0 Å². The number of furan rings is 1. The molecule has 0 atom stereocenters. The van der Waals surface area contributed by atoms with Gasteiger partial charge >= 0.3 is 11.9 Å². The summed E-state index contributed by atoms with van der Waals surface area (Å²) in [6.07, 6.45) is 0. The van der Waals surface area contributed by atoms with E-state index in [2.05, 4.69) is 10.6 Å². The summed E-state index contributed by atoms with van der Waals surface area (Å²) in [5.41, 5.74) is 1.01. The van der Waals surface area contributed by atoms with Gasteiger partial charge in [-0.3, -0.25) is 10.1 Å². The number of rotatable bonds is 5. The minimum Gasteiger partial charge on any atom is -0.465 e. The van der Waals surface area contributed by atoms with Crippen molar-refractivity contribution in [3.63, 3.8) is 0 Å². The fourth-order valence-corrected chi connectivity index (χ4v) is 3.50. The standard InChI is InChI=1S/C22H16Cl2N2O6S/c1-30-20(28)11-7-12(21(29)31-2)9-14(8-11)25-22(33)26-19(27)18-6-5-17(32-18)15-4-3-13(23)10-16(15)24/h3-10H,1-2H3,(H2,25,26,27,33). The summed E-state index contributed by atoms with van der Waals surface area (Å²) >= 11 is 17.2. The molecule has 2 aromatic carbocycles. The van der Waals surface area contributed by atoms with Crippen molar-refractivity contribution in [1.82, 2.24) is 5.32 Å². The molecule has 1 heterocycles. The third kappa shape index (κ3) is 5.89. The molecule has 0 saturated carbocycles. The van der Waals surface area contributed by atoms with Crippen LogP contribution in [0.2, 0.25) is 10.0 Å².